The lowest BCUT2D eigenvalue weighted by molar-refractivity contribution is -0.117. The normalized spacial score (nSPS) is 21.8. The van der Waals surface area contributed by atoms with Crippen LogP contribution >= 0.6 is 0 Å². The highest BCUT2D eigenvalue weighted by molar-refractivity contribution is 5.80. The van der Waals surface area contributed by atoms with Crippen molar-refractivity contribution in [2.24, 2.45) is 10.2 Å². The van der Waals surface area contributed by atoms with Crippen molar-refractivity contribution >= 4 is 5.78 Å². The summed E-state index contributed by atoms with van der Waals surface area (Å²) in [5.74, 6) is 0.237. The highest BCUT2D eigenvalue weighted by Crippen LogP contribution is 2.07. The lowest BCUT2D eigenvalue weighted by Crippen LogP contribution is -2.01. The summed E-state index contributed by atoms with van der Waals surface area (Å²) in [4.78, 5) is 11.1. The van der Waals surface area contributed by atoms with Crippen molar-refractivity contribution in [2.75, 3.05) is 13.1 Å². The summed E-state index contributed by atoms with van der Waals surface area (Å²) in [5, 5.41) is 7.76. The van der Waals surface area contributed by atoms with Crippen LogP contribution in [0.2, 0.25) is 0 Å². The number of nitrogens with zero attached hydrogens (tertiary/aromatic N) is 2. The Kier molecular flexibility index (Phi) is 4.57. The highest BCUT2D eigenvalue weighted by Gasteiger charge is 2.01. The summed E-state index contributed by atoms with van der Waals surface area (Å²) in [7, 11) is 0. The molecule has 3 heteroatoms. The predicted molar refractivity (Wildman–Crippen MR) is 47.3 cm³/mol. The number of carbonyl (C=O) groups is 1. The Labute approximate surface area is 73.3 Å². The quantitative estimate of drug-likeness (QED) is 0.547. The number of Topliss-reactive ketones (excluding diaryl/α,β-unsaturated/α-hetero) is 1. The standard InChI is InChI=1S/C9H16N2O/c12-9-6-4-2-1-3-5-7-10-11-8-9/h1-8H2. The summed E-state index contributed by atoms with van der Waals surface area (Å²) in [6, 6.07) is 0. The Bertz CT molecular complexity index is 166. The molecule has 0 aromatic carbocycles. The van der Waals surface area contributed by atoms with Gasteiger partial charge in [0.05, 0.1) is 6.54 Å². The molecule has 12 heavy (non-hydrogen) atoms. The molecule has 0 spiro atoms. The van der Waals surface area contributed by atoms with Crippen molar-refractivity contribution < 1.29 is 4.79 Å². The fourth-order valence-corrected chi connectivity index (χ4v) is 1.31. The monoisotopic (exact) mass is 168 g/mol. The molecule has 3 nitrogen and oxygen atoms in total. The van der Waals surface area contributed by atoms with Gasteiger partial charge in [-0.25, -0.2) is 0 Å². The second-order valence-electron chi connectivity index (χ2n) is 3.22. The van der Waals surface area contributed by atoms with E-state index in [0.29, 0.717) is 13.0 Å². The summed E-state index contributed by atoms with van der Waals surface area (Å²) in [6.07, 6.45) is 6.51. The molecule has 0 aliphatic carbocycles. The third-order valence-electron chi connectivity index (χ3n) is 2.06. The van der Waals surface area contributed by atoms with Crippen molar-refractivity contribution in [3.05, 3.63) is 0 Å². The maximum Gasteiger partial charge on any atom is 0.156 e. The van der Waals surface area contributed by atoms with Crippen LogP contribution in [0.1, 0.15) is 38.5 Å². The largest absolute Gasteiger partial charge is 0.298 e. The van der Waals surface area contributed by atoms with E-state index in [0.717, 1.165) is 19.4 Å². The van der Waals surface area contributed by atoms with E-state index in [-0.39, 0.29) is 5.78 Å². The minimum Gasteiger partial charge on any atom is -0.298 e. The van der Waals surface area contributed by atoms with Crippen LogP contribution in [-0.2, 0) is 4.79 Å². The van der Waals surface area contributed by atoms with Gasteiger partial charge in [-0.2, -0.15) is 10.2 Å². The first-order valence-electron chi connectivity index (χ1n) is 4.74. The number of ketones is 1. The SMILES string of the molecule is O=C1CCCCCCCN=NC1. The Hall–Kier alpha value is -0.730. The Morgan fingerprint density at radius 3 is 2.58 bits per heavy atom. The zero-order valence-corrected chi connectivity index (χ0v) is 7.46. The molecule has 0 radical (unpaired) electrons. The van der Waals surface area contributed by atoms with Gasteiger partial charge in [0.1, 0.15) is 6.54 Å². The van der Waals surface area contributed by atoms with Gasteiger partial charge < -0.3 is 0 Å². The van der Waals surface area contributed by atoms with Crippen LogP contribution in [0, 0.1) is 0 Å². The van der Waals surface area contributed by atoms with Crippen LogP contribution in [0.5, 0.6) is 0 Å². The molecule has 0 atom stereocenters. The van der Waals surface area contributed by atoms with Crippen molar-refractivity contribution in [1.29, 1.82) is 0 Å². The van der Waals surface area contributed by atoms with Gasteiger partial charge in [-0.1, -0.05) is 19.3 Å². The van der Waals surface area contributed by atoms with E-state index in [2.05, 4.69) is 10.2 Å². The fraction of sp³-hybridized carbons (Fsp3) is 0.889. The number of rotatable bonds is 0. The molecule has 68 valence electrons. The minimum atomic E-state index is 0.237. The molecule has 0 bridgehead atoms. The van der Waals surface area contributed by atoms with Crippen LogP contribution < -0.4 is 0 Å². The van der Waals surface area contributed by atoms with Crippen LogP contribution in [0.4, 0.5) is 0 Å². The van der Waals surface area contributed by atoms with Gasteiger partial charge in [0, 0.05) is 6.42 Å². The van der Waals surface area contributed by atoms with Crippen molar-refractivity contribution in [3.63, 3.8) is 0 Å². The second kappa shape index (κ2) is 5.86. The third-order valence-corrected chi connectivity index (χ3v) is 2.06. The van der Waals surface area contributed by atoms with Gasteiger partial charge in [0.2, 0.25) is 0 Å². The van der Waals surface area contributed by atoms with E-state index in [9.17, 15) is 4.79 Å². The van der Waals surface area contributed by atoms with Crippen LogP contribution in [0.25, 0.3) is 0 Å². The van der Waals surface area contributed by atoms with E-state index in [1.807, 2.05) is 0 Å². The van der Waals surface area contributed by atoms with Gasteiger partial charge in [0.15, 0.2) is 5.78 Å². The lowest BCUT2D eigenvalue weighted by atomic mass is 10.1. The summed E-state index contributed by atoms with van der Waals surface area (Å²) in [5.41, 5.74) is 0. The third kappa shape index (κ3) is 4.21. The van der Waals surface area contributed by atoms with Gasteiger partial charge in [-0.05, 0) is 12.8 Å². The number of azo groups is 1. The Morgan fingerprint density at radius 2 is 1.67 bits per heavy atom. The molecule has 1 rings (SSSR count). The van der Waals surface area contributed by atoms with E-state index >= 15 is 0 Å². The van der Waals surface area contributed by atoms with E-state index in [1.165, 1.54) is 19.3 Å². The predicted octanol–water partition coefficient (Wildman–Crippen LogP) is 2.36. The zero-order valence-electron chi connectivity index (χ0n) is 7.46. The van der Waals surface area contributed by atoms with Crippen LogP contribution in [0.3, 0.4) is 0 Å². The van der Waals surface area contributed by atoms with Crippen molar-refractivity contribution in [3.8, 4) is 0 Å². The first-order chi connectivity index (χ1) is 5.89. The molecule has 0 amide bonds. The number of hydrogen-bond donors (Lipinski definition) is 0. The summed E-state index contributed by atoms with van der Waals surface area (Å²) in [6.45, 7) is 1.10. The van der Waals surface area contributed by atoms with Gasteiger partial charge >= 0.3 is 0 Å². The molecule has 0 aromatic heterocycles. The molecule has 1 aliphatic rings. The molecule has 0 unspecified atom stereocenters. The van der Waals surface area contributed by atoms with E-state index in [4.69, 9.17) is 0 Å². The zero-order chi connectivity index (χ0) is 8.65. The molecule has 0 fully saturated rings. The smallest absolute Gasteiger partial charge is 0.156 e. The number of hydrogen-bond acceptors (Lipinski definition) is 3. The first-order valence-corrected chi connectivity index (χ1v) is 4.74. The maximum atomic E-state index is 11.1. The topological polar surface area (TPSA) is 41.8 Å². The average Bonchev–Trinajstić information content (AvgIpc) is 2.11. The molecular weight excluding hydrogens is 152 g/mol. The first kappa shape index (κ1) is 9.36. The van der Waals surface area contributed by atoms with Gasteiger partial charge in [0.25, 0.3) is 0 Å². The lowest BCUT2D eigenvalue weighted by Gasteiger charge is -1.96. The molecule has 1 heterocycles. The van der Waals surface area contributed by atoms with Crippen LogP contribution in [-0.4, -0.2) is 18.9 Å². The van der Waals surface area contributed by atoms with Crippen LogP contribution in [0.15, 0.2) is 10.2 Å². The average molecular weight is 168 g/mol. The molecule has 1 aliphatic heterocycles. The molecule has 0 saturated carbocycles. The van der Waals surface area contributed by atoms with E-state index in [1.54, 1.807) is 0 Å². The second-order valence-corrected chi connectivity index (χ2v) is 3.22. The molecule has 0 saturated heterocycles. The Balaban J connectivity index is 2.28. The van der Waals surface area contributed by atoms with Gasteiger partial charge in [-0.15, -0.1) is 0 Å². The molecule has 0 aromatic rings. The highest BCUT2D eigenvalue weighted by atomic mass is 16.1. The Morgan fingerprint density at radius 1 is 0.917 bits per heavy atom. The molecule has 0 N–H and O–H groups in total. The summed E-state index contributed by atoms with van der Waals surface area (Å²) >= 11 is 0. The maximum absolute atomic E-state index is 11.1. The summed E-state index contributed by atoms with van der Waals surface area (Å²) < 4.78 is 0. The molecular formula is C9H16N2O. The van der Waals surface area contributed by atoms with E-state index < -0.39 is 0 Å². The number of carbonyl (C=O) groups excluding carboxylic acids is 1. The minimum absolute atomic E-state index is 0.237. The van der Waals surface area contributed by atoms with Crippen molar-refractivity contribution in [1.82, 2.24) is 0 Å². The van der Waals surface area contributed by atoms with Gasteiger partial charge in [-0.3, -0.25) is 4.79 Å². The van der Waals surface area contributed by atoms with Crippen molar-refractivity contribution in [2.45, 2.75) is 38.5 Å². The fourth-order valence-electron chi connectivity index (χ4n) is 1.31.